The third-order valence-corrected chi connectivity index (χ3v) is 5.44. The number of pyridine rings is 1. The van der Waals surface area contributed by atoms with Gasteiger partial charge in [-0.15, -0.1) is 0 Å². The van der Waals surface area contributed by atoms with E-state index in [-0.39, 0.29) is 11.6 Å². The van der Waals surface area contributed by atoms with Crippen LogP contribution < -0.4 is 0 Å². The predicted octanol–water partition coefficient (Wildman–Crippen LogP) is 1.32. The molecule has 110 valence electrons. The van der Waals surface area contributed by atoms with Crippen molar-refractivity contribution in [3.63, 3.8) is 0 Å². The van der Waals surface area contributed by atoms with Crippen LogP contribution in [0.25, 0.3) is 0 Å². The molecule has 2 heterocycles. The van der Waals surface area contributed by atoms with Crippen molar-refractivity contribution in [2.24, 2.45) is 0 Å². The number of aliphatic hydroxyl groups excluding tert-OH is 1. The fourth-order valence-electron chi connectivity index (χ4n) is 2.46. The molecular weight excluding hydrogens is 288 g/mol. The van der Waals surface area contributed by atoms with E-state index in [1.54, 1.807) is 6.07 Å². The van der Waals surface area contributed by atoms with Crippen molar-refractivity contribution in [3.05, 3.63) is 59.3 Å². The summed E-state index contributed by atoms with van der Waals surface area (Å²) in [4.78, 5) is 3.96. The van der Waals surface area contributed by atoms with E-state index in [0.29, 0.717) is 25.1 Å². The largest absolute Gasteiger partial charge is 0.392 e. The second kappa shape index (κ2) is 5.55. The average Bonchev–Trinajstić information content (AvgIpc) is 2.54. The Morgan fingerprint density at radius 1 is 1.14 bits per heavy atom. The van der Waals surface area contributed by atoms with Gasteiger partial charge in [-0.2, -0.15) is 4.31 Å². The molecule has 0 aliphatic carbocycles. The smallest absolute Gasteiger partial charge is 0.260 e. The molecule has 0 fully saturated rings. The van der Waals surface area contributed by atoms with Gasteiger partial charge in [0.1, 0.15) is 0 Å². The van der Waals surface area contributed by atoms with Crippen molar-refractivity contribution in [2.75, 3.05) is 6.54 Å². The van der Waals surface area contributed by atoms with Gasteiger partial charge in [0.2, 0.25) is 0 Å². The lowest BCUT2D eigenvalue weighted by atomic mass is 10.0. The first-order chi connectivity index (χ1) is 10.1. The van der Waals surface area contributed by atoms with Crippen molar-refractivity contribution >= 4 is 10.0 Å². The normalized spacial score (nSPS) is 15.7. The first kappa shape index (κ1) is 14.2. The Bertz CT molecular complexity index is 742. The van der Waals surface area contributed by atoms with Crippen LogP contribution in [0, 0.1) is 0 Å². The number of hydrogen-bond acceptors (Lipinski definition) is 4. The minimum Gasteiger partial charge on any atom is -0.392 e. The molecule has 0 atom stereocenters. The SMILES string of the molecule is O=S(=O)(c1ccc(CO)cn1)N1CCc2ccccc2C1. The first-order valence-electron chi connectivity index (χ1n) is 6.74. The Morgan fingerprint density at radius 3 is 2.57 bits per heavy atom. The lowest BCUT2D eigenvalue weighted by Gasteiger charge is -2.27. The van der Waals surface area contributed by atoms with E-state index >= 15 is 0 Å². The zero-order chi connectivity index (χ0) is 14.9. The van der Waals surface area contributed by atoms with Crippen LogP contribution in [0.1, 0.15) is 16.7 Å². The number of rotatable bonds is 3. The second-order valence-corrected chi connectivity index (χ2v) is 6.90. The zero-order valence-corrected chi connectivity index (χ0v) is 12.3. The van der Waals surface area contributed by atoms with Crippen molar-refractivity contribution in [1.29, 1.82) is 0 Å². The first-order valence-corrected chi connectivity index (χ1v) is 8.18. The highest BCUT2D eigenvalue weighted by molar-refractivity contribution is 7.89. The Balaban J connectivity index is 1.89. The molecule has 21 heavy (non-hydrogen) atoms. The molecule has 0 radical (unpaired) electrons. The molecule has 1 aliphatic rings. The van der Waals surface area contributed by atoms with Gasteiger partial charge in [0.25, 0.3) is 10.0 Å². The maximum atomic E-state index is 12.6. The molecule has 3 rings (SSSR count). The molecule has 0 bridgehead atoms. The molecule has 0 amide bonds. The van der Waals surface area contributed by atoms with E-state index in [1.807, 2.05) is 24.3 Å². The van der Waals surface area contributed by atoms with E-state index in [4.69, 9.17) is 5.11 Å². The fraction of sp³-hybridized carbons (Fsp3) is 0.267. The highest BCUT2D eigenvalue weighted by Crippen LogP contribution is 2.23. The number of hydrogen-bond donors (Lipinski definition) is 1. The van der Waals surface area contributed by atoms with Gasteiger partial charge >= 0.3 is 0 Å². The van der Waals surface area contributed by atoms with Crippen molar-refractivity contribution < 1.29 is 13.5 Å². The van der Waals surface area contributed by atoms with Gasteiger partial charge in [-0.25, -0.2) is 13.4 Å². The van der Waals surface area contributed by atoms with E-state index in [9.17, 15) is 8.42 Å². The van der Waals surface area contributed by atoms with Crippen LogP contribution in [-0.2, 0) is 29.6 Å². The Labute approximate surface area is 123 Å². The summed E-state index contributed by atoms with van der Waals surface area (Å²) >= 11 is 0. The van der Waals surface area contributed by atoms with Gasteiger partial charge in [-0.05, 0) is 29.2 Å². The average molecular weight is 304 g/mol. The summed E-state index contributed by atoms with van der Waals surface area (Å²) in [5.74, 6) is 0. The summed E-state index contributed by atoms with van der Waals surface area (Å²) in [6, 6.07) is 10.9. The Kier molecular flexibility index (Phi) is 3.75. The van der Waals surface area contributed by atoms with Crippen LogP contribution in [0.4, 0.5) is 0 Å². The molecule has 1 aliphatic heterocycles. The fourth-order valence-corrected chi connectivity index (χ4v) is 3.80. The van der Waals surface area contributed by atoms with Gasteiger partial charge in [-0.1, -0.05) is 30.3 Å². The van der Waals surface area contributed by atoms with E-state index in [2.05, 4.69) is 4.98 Å². The van der Waals surface area contributed by atoms with Crippen LogP contribution in [0.5, 0.6) is 0 Å². The molecule has 2 aromatic rings. The Morgan fingerprint density at radius 2 is 1.90 bits per heavy atom. The predicted molar refractivity (Wildman–Crippen MR) is 77.9 cm³/mol. The maximum Gasteiger partial charge on any atom is 0.260 e. The van der Waals surface area contributed by atoms with Gasteiger partial charge in [0, 0.05) is 19.3 Å². The van der Waals surface area contributed by atoms with Crippen molar-refractivity contribution in [3.8, 4) is 0 Å². The molecule has 0 saturated carbocycles. The summed E-state index contributed by atoms with van der Waals surface area (Å²) in [5.41, 5.74) is 2.84. The molecule has 6 heteroatoms. The lowest BCUT2D eigenvalue weighted by molar-refractivity contribution is 0.281. The summed E-state index contributed by atoms with van der Waals surface area (Å²) in [5, 5.41) is 9.02. The highest BCUT2D eigenvalue weighted by Gasteiger charge is 2.29. The summed E-state index contributed by atoms with van der Waals surface area (Å²) in [7, 11) is -3.59. The topological polar surface area (TPSA) is 70.5 Å². The van der Waals surface area contributed by atoms with Crippen molar-refractivity contribution in [1.82, 2.24) is 9.29 Å². The number of nitrogens with zero attached hydrogens (tertiary/aromatic N) is 2. The summed E-state index contributed by atoms with van der Waals surface area (Å²) in [6.07, 6.45) is 2.11. The number of aliphatic hydroxyl groups is 1. The standard InChI is InChI=1S/C15H16N2O3S/c18-11-12-5-6-15(16-9-12)21(19,20)17-8-7-13-3-1-2-4-14(13)10-17/h1-6,9,18H,7-8,10-11H2. The van der Waals surface area contributed by atoms with Crippen LogP contribution in [-0.4, -0.2) is 29.4 Å². The minimum atomic E-state index is -3.59. The second-order valence-electron chi connectivity index (χ2n) is 5.02. The Hall–Kier alpha value is -1.76. The number of fused-ring (bicyclic) bond motifs is 1. The number of aromatic nitrogens is 1. The maximum absolute atomic E-state index is 12.6. The monoisotopic (exact) mass is 304 g/mol. The van der Waals surface area contributed by atoms with Gasteiger partial charge in [0.15, 0.2) is 5.03 Å². The van der Waals surface area contributed by atoms with E-state index in [1.165, 1.54) is 22.1 Å². The molecule has 1 aromatic carbocycles. The molecule has 1 N–H and O–H groups in total. The number of benzene rings is 1. The quantitative estimate of drug-likeness (QED) is 0.928. The van der Waals surface area contributed by atoms with Gasteiger partial charge in [0.05, 0.1) is 6.61 Å². The van der Waals surface area contributed by atoms with Gasteiger partial charge < -0.3 is 5.11 Å². The molecular formula is C15H16N2O3S. The zero-order valence-electron chi connectivity index (χ0n) is 11.4. The van der Waals surface area contributed by atoms with Crippen LogP contribution in [0.2, 0.25) is 0 Å². The molecule has 0 saturated heterocycles. The minimum absolute atomic E-state index is 0.0269. The van der Waals surface area contributed by atoms with Crippen LogP contribution in [0.3, 0.4) is 0 Å². The van der Waals surface area contributed by atoms with Crippen LogP contribution in [0.15, 0.2) is 47.6 Å². The van der Waals surface area contributed by atoms with E-state index < -0.39 is 10.0 Å². The molecule has 5 nitrogen and oxygen atoms in total. The van der Waals surface area contributed by atoms with Crippen molar-refractivity contribution in [2.45, 2.75) is 24.6 Å². The molecule has 0 unspecified atom stereocenters. The third-order valence-electron chi connectivity index (χ3n) is 3.68. The van der Waals surface area contributed by atoms with Crippen LogP contribution >= 0.6 is 0 Å². The lowest BCUT2D eigenvalue weighted by Crippen LogP contribution is -2.36. The van der Waals surface area contributed by atoms with E-state index in [0.717, 1.165) is 5.56 Å². The number of sulfonamides is 1. The van der Waals surface area contributed by atoms with Gasteiger partial charge in [-0.3, -0.25) is 0 Å². The molecule has 0 spiro atoms. The summed E-state index contributed by atoms with van der Waals surface area (Å²) in [6.45, 7) is 0.690. The molecule has 1 aromatic heterocycles. The summed E-state index contributed by atoms with van der Waals surface area (Å²) < 4.78 is 26.6. The highest BCUT2D eigenvalue weighted by atomic mass is 32.2. The third kappa shape index (κ3) is 2.70.